The SMILES string of the molecule is C#CCCCCCCCCCCCCCCCC[CH2]. The van der Waals surface area contributed by atoms with Crippen molar-refractivity contribution in [1.29, 1.82) is 0 Å². The lowest BCUT2D eigenvalue weighted by molar-refractivity contribution is 0.534. The molecule has 0 rings (SSSR count). The molecule has 0 spiro atoms. The molecule has 1 radical (unpaired) electrons. The van der Waals surface area contributed by atoms with Gasteiger partial charge in [-0.3, -0.25) is 0 Å². The first-order valence-electron chi connectivity index (χ1n) is 8.64. The number of rotatable bonds is 15. The van der Waals surface area contributed by atoms with Crippen molar-refractivity contribution in [2.75, 3.05) is 0 Å². The molecule has 19 heavy (non-hydrogen) atoms. The third kappa shape index (κ3) is 17.6. The molecule has 0 aromatic rings. The van der Waals surface area contributed by atoms with Crippen molar-refractivity contribution in [3.05, 3.63) is 6.92 Å². The summed E-state index contributed by atoms with van der Waals surface area (Å²) in [5.74, 6) is 2.71. The van der Waals surface area contributed by atoms with E-state index in [4.69, 9.17) is 6.42 Å². The second-order valence-corrected chi connectivity index (χ2v) is 5.76. The molecule has 0 aliphatic carbocycles. The Morgan fingerprint density at radius 3 is 1.16 bits per heavy atom. The predicted octanol–water partition coefficient (Wildman–Crippen LogP) is 6.70. The van der Waals surface area contributed by atoms with Crippen LogP contribution in [0.25, 0.3) is 0 Å². The zero-order valence-corrected chi connectivity index (χ0v) is 13.1. The topological polar surface area (TPSA) is 0 Å². The maximum Gasteiger partial charge on any atom is 0.00860 e. The van der Waals surface area contributed by atoms with Crippen LogP contribution in [0.3, 0.4) is 0 Å². The lowest BCUT2D eigenvalue weighted by Gasteiger charge is -2.02. The van der Waals surface area contributed by atoms with Crippen LogP contribution in [0.5, 0.6) is 0 Å². The van der Waals surface area contributed by atoms with Crippen molar-refractivity contribution in [2.45, 2.75) is 103 Å². The van der Waals surface area contributed by atoms with Gasteiger partial charge in [0.1, 0.15) is 0 Å². The Balaban J connectivity index is 2.90. The first kappa shape index (κ1) is 18.6. The van der Waals surface area contributed by atoms with Crippen molar-refractivity contribution in [3.63, 3.8) is 0 Å². The van der Waals surface area contributed by atoms with Crippen molar-refractivity contribution in [1.82, 2.24) is 0 Å². The van der Waals surface area contributed by atoms with Gasteiger partial charge in [0.25, 0.3) is 0 Å². The third-order valence-corrected chi connectivity index (χ3v) is 3.82. The summed E-state index contributed by atoms with van der Waals surface area (Å²) in [4.78, 5) is 0. The standard InChI is InChI=1S/C19H35/c1-3-5-7-9-11-13-15-17-19-18-16-14-12-10-8-6-4-2/h1H,2,4-19H2. The molecule has 111 valence electrons. The molecule has 0 N–H and O–H groups in total. The van der Waals surface area contributed by atoms with Gasteiger partial charge in [0.05, 0.1) is 0 Å². The fourth-order valence-corrected chi connectivity index (χ4v) is 2.53. The third-order valence-electron chi connectivity index (χ3n) is 3.82. The van der Waals surface area contributed by atoms with Gasteiger partial charge in [0.15, 0.2) is 0 Å². The zero-order valence-electron chi connectivity index (χ0n) is 13.1. The van der Waals surface area contributed by atoms with Gasteiger partial charge in [-0.05, 0) is 6.42 Å². The second kappa shape index (κ2) is 17.6. The Morgan fingerprint density at radius 2 is 0.842 bits per heavy atom. The average Bonchev–Trinajstić information content (AvgIpc) is 2.43. The summed E-state index contributed by atoms with van der Waals surface area (Å²) in [6.45, 7) is 3.88. The Morgan fingerprint density at radius 1 is 0.526 bits per heavy atom. The zero-order chi connectivity index (χ0) is 14.0. The molecule has 0 aromatic heterocycles. The highest BCUT2D eigenvalue weighted by molar-refractivity contribution is 4.82. The molecule has 0 atom stereocenters. The van der Waals surface area contributed by atoms with E-state index >= 15 is 0 Å². The minimum atomic E-state index is 0.967. The largest absolute Gasteiger partial charge is 0.120 e. The summed E-state index contributed by atoms with van der Waals surface area (Å²) in [5, 5.41) is 0. The van der Waals surface area contributed by atoms with Crippen LogP contribution in [-0.2, 0) is 0 Å². The van der Waals surface area contributed by atoms with Crippen LogP contribution in [0.2, 0.25) is 0 Å². The lowest BCUT2D eigenvalue weighted by atomic mass is 10.0. The van der Waals surface area contributed by atoms with Crippen molar-refractivity contribution in [2.24, 2.45) is 0 Å². The van der Waals surface area contributed by atoms with Gasteiger partial charge < -0.3 is 0 Å². The highest BCUT2D eigenvalue weighted by Crippen LogP contribution is 2.13. The summed E-state index contributed by atoms with van der Waals surface area (Å²) in [6, 6.07) is 0. The first-order chi connectivity index (χ1) is 9.41. The molecule has 0 saturated carbocycles. The Hall–Kier alpha value is -0.440. The summed E-state index contributed by atoms with van der Waals surface area (Å²) >= 11 is 0. The molecule has 0 aromatic carbocycles. The smallest absolute Gasteiger partial charge is 0.00860 e. The van der Waals surface area contributed by atoms with E-state index in [1.165, 1.54) is 89.9 Å². The first-order valence-corrected chi connectivity index (χ1v) is 8.64. The molecule has 0 saturated heterocycles. The van der Waals surface area contributed by atoms with Crippen molar-refractivity contribution in [3.8, 4) is 12.3 Å². The Bertz CT molecular complexity index is 187. The lowest BCUT2D eigenvalue weighted by Crippen LogP contribution is -1.83. The highest BCUT2D eigenvalue weighted by atomic mass is 14.0. The Labute approximate surface area is 122 Å². The van der Waals surface area contributed by atoms with Crippen LogP contribution in [-0.4, -0.2) is 0 Å². The number of hydrogen-bond acceptors (Lipinski definition) is 0. The molecule has 0 aliphatic rings. The number of hydrogen-bond donors (Lipinski definition) is 0. The maximum absolute atomic E-state index is 5.23. The average molecular weight is 263 g/mol. The van der Waals surface area contributed by atoms with Crippen LogP contribution in [0, 0.1) is 19.3 Å². The summed E-state index contributed by atoms with van der Waals surface area (Å²) < 4.78 is 0. The highest BCUT2D eigenvalue weighted by Gasteiger charge is 1.93. The minimum Gasteiger partial charge on any atom is -0.120 e. The maximum atomic E-state index is 5.23. The van der Waals surface area contributed by atoms with E-state index in [9.17, 15) is 0 Å². The fraction of sp³-hybridized carbons (Fsp3) is 0.842. The van der Waals surface area contributed by atoms with Gasteiger partial charge in [0.2, 0.25) is 0 Å². The molecule has 0 unspecified atom stereocenters. The molecule has 0 bridgehead atoms. The molecular formula is C19H35. The molecule has 0 heteroatoms. The van der Waals surface area contributed by atoms with E-state index < -0.39 is 0 Å². The van der Waals surface area contributed by atoms with Gasteiger partial charge in [-0.15, -0.1) is 12.3 Å². The summed E-state index contributed by atoms with van der Waals surface area (Å²) in [6.07, 6.45) is 26.9. The van der Waals surface area contributed by atoms with Gasteiger partial charge in [-0.2, -0.15) is 0 Å². The fourth-order valence-electron chi connectivity index (χ4n) is 2.53. The van der Waals surface area contributed by atoms with Gasteiger partial charge in [-0.25, -0.2) is 0 Å². The van der Waals surface area contributed by atoms with E-state index in [1.807, 2.05) is 0 Å². The van der Waals surface area contributed by atoms with Gasteiger partial charge >= 0.3 is 0 Å². The van der Waals surface area contributed by atoms with Crippen molar-refractivity contribution >= 4 is 0 Å². The molecular weight excluding hydrogens is 228 g/mol. The van der Waals surface area contributed by atoms with E-state index in [1.54, 1.807) is 0 Å². The van der Waals surface area contributed by atoms with Crippen LogP contribution in [0.1, 0.15) is 103 Å². The van der Waals surface area contributed by atoms with Crippen LogP contribution < -0.4 is 0 Å². The summed E-state index contributed by atoms with van der Waals surface area (Å²) in [5.41, 5.74) is 0. The molecule has 0 amide bonds. The van der Waals surface area contributed by atoms with E-state index in [0.717, 1.165) is 12.8 Å². The van der Waals surface area contributed by atoms with E-state index in [-0.39, 0.29) is 0 Å². The molecule has 0 nitrogen and oxygen atoms in total. The summed E-state index contributed by atoms with van der Waals surface area (Å²) in [7, 11) is 0. The quantitative estimate of drug-likeness (QED) is 0.228. The molecule has 0 aliphatic heterocycles. The Kier molecular flexibility index (Phi) is 17.2. The monoisotopic (exact) mass is 263 g/mol. The number of unbranched alkanes of at least 4 members (excludes halogenated alkanes) is 15. The van der Waals surface area contributed by atoms with E-state index in [2.05, 4.69) is 12.8 Å². The van der Waals surface area contributed by atoms with Gasteiger partial charge in [-0.1, -0.05) is 96.8 Å². The predicted molar refractivity (Wildman–Crippen MR) is 88.1 cm³/mol. The van der Waals surface area contributed by atoms with Crippen molar-refractivity contribution < 1.29 is 0 Å². The second-order valence-electron chi connectivity index (χ2n) is 5.76. The normalized spacial score (nSPS) is 10.5. The number of terminal acetylenes is 1. The molecule has 0 fully saturated rings. The van der Waals surface area contributed by atoms with Gasteiger partial charge in [0, 0.05) is 6.42 Å². The van der Waals surface area contributed by atoms with Crippen LogP contribution in [0.4, 0.5) is 0 Å². The minimum absolute atomic E-state index is 0.967. The van der Waals surface area contributed by atoms with E-state index in [0.29, 0.717) is 0 Å². The van der Waals surface area contributed by atoms with Crippen LogP contribution >= 0.6 is 0 Å². The molecule has 0 heterocycles. The van der Waals surface area contributed by atoms with Crippen LogP contribution in [0.15, 0.2) is 0 Å².